The van der Waals surface area contributed by atoms with Crippen molar-refractivity contribution < 1.29 is 33.0 Å². The summed E-state index contributed by atoms with van der Waals surface area (Å²) in [6.45, 7) is -2.54. The van der Waals surface area contributed by atoms with Gasteiger partial charge in [0.1, 0.15) is 0 Å². The van der Waals surface area contributed by atoms with Gasteiger partial charge in [-0.2, -0.15) is 8.78 Å². The van der Waals surface area contributed by atoms with E-state index in [-0.39, 0.29) is 29.5 Å². The zero-order valence-corrected chi connectivity index (χ0v) is 13.7. The number of benzene rings is 1. The van der Waals surface area contributed by atoms with Crippen molar-refractivity contribution in [1.82, 2.24) is 4.90 Å². The zero-order valence-electron chi connectivity index (χ0n) is 13.7. The number of hydrogen-bond acceptors (Lipinski definition) is 4. The molecule has 1 amide bonds. The van der Waals surface area contributed by atoms with Crippen molar-refractivity contribution >= 4 is 11.9 Å². The van der Waals surface area contributed by atoms with Crippen molar-refractivity contribution in [3.63, 3.8) is 0 Å². The lowest BCUT2D eigenvalue weighted by molar-refractivity contribution is -0.149. The molecule has 1 aliphatic heterocycles. The van der Waals surface area contributed by atoms with Crippen molar-refractivity contribution in [2.75, 3.05) is 20.2 Å². The van der Waals surface area contributed by atoms with Crippen molar-refractivity contribution in [2.45, 2.75) is 25.9 Å². The van der Waals surface area contributed by atoms with E-state index in [1.165, 1.54) is 30.2 Å². The Bertz CT molecular complexity index is 696. The summed E-state index contributed by atoms with van der Waals surface area (Å²) >= 11 is 0. The van der Waals surface area contributed by atoms with E-state index in [0.717, 1.165) is 12.8 Å². The summed E-state index contributed by atoms with van der Waals surface area (Å²) in [5.41, 5.74) is -0.721. The maximum Gasteiger partial charge on any atom is 0.387 e. The molecule has 1 N–H and O–H groups in total. The zero-order chi connectivity index (χ0) is 18.2. The number of rotatable bonds is 5. The molecule has 0 unspecified atom stereocenters. The quantitative estimate of drug-likeness (QED) is 0.879. The molecule has 0 spiro atoms. The first kappa shape index (κ1) is 17.4. The van der Waals surface area contributed by atoms with E-state index in [1.54, 1.807) is 0 Å². The summed E-state index contributed by atoms with van der Waals surface area (Å²) in [5, 5.41) is 9.60. The SMILES string of the molecule is COc1ccc(C(=O)N2C[C@@H]3CCC[C@@]3(C(=O)O)C2)cc1OC(F)F. The lowest BCUT2D eigenvalue weighted by atomic mass is 9.81. The monoisotopic (exact) mass is 355 g/mol. The molecule has 8 heteroatoms. The Labute approximate surface area is 143 Å². The average molecular weight is 355 g/mol. The van der Waals surface area contributed by atoms with Crippen LogP contribution in [-0.2, 0) is 4.79 Å². The number of ether oxygens (including phenoxy) is 2. The van der Waals surface area contributed by atoms with Gasteiger partial charge in [-0.3, -0.25) is 9.59 Å². The molecule has 2 fully saturated rings. The summed E-state index contributed by atoms with van der Waals surface area (Å²) in [6.07, 6.45) is 2.17. The Balaban J connectivity index is 1.83. The maximum atomic E-state index is 12.7. The average Bonchev–Trinajstić information content (AvgIpc) is 3.11. The molecule has 1 saturated heterocycles. The van der Waals surface area contributed by atoms with Gasteiger partial charge < -0.3 is 19.5 Å². The maximum absolute atomic E-state index is 12.7. The summed E-state index contributed by atoms with van der Waals surface area (Å²) in [6, 6.07) is 4.05. The Kier molecular flexibility index (Phi) is 4.53. The predicted molar refractivity (Wildman–Crippen MR) is 82.9 cm³/mol. The minimum Gasteiger partial charge on any atom is -0.493 e. The number of amides is 1. The number of aliphatic carboxylic acids is 1. The summed E-state index contributed by atoms with van der Waals surface area (Å²) in [5.74, 6) is -1.46. The Morgan fingerprint density at radius 2 is 2.12 bits per heavy atom. The standard InChI is InChI=1S/C17H19F2NO5/c1-24-12-5-4-10(7-13(12)25-16(18)19)14(21)20-8-11-3-2-6-17(11,9-20)15(22)23/h4-5,7,11,16H,2-3,6,8-9H2,1H3,(H,22,23)/t11-,17+/m0/s1. The number of likely N-dealkylation sites (tertiary alicyclic amines) is 1. The number of carbonyl (C=O) groups is 2. The highest BCUT2D eigenvalue weighted by Crippen LogP contribution is 2.49. The van der Waals surface area contributed by atoms with Gasteiger partial charge in [-0.05, 0) is 37.0 Å². The molecular weight excluding hydrogens is 336 g/mol. The first-order valence-corrected chi connectivity index (χ1v) is 8.03. The highest BCUT2D eigenvalue weighted by Gasteiger charge is 2.55. The van der Waals surface area contributed by atoms with Gasteiger partial charge in [0.05, 0.1) is 12.5 Å². The molecule has 3 rings (SSSR count). The Morgan fingerprint density at radius 1 is 1.36 bits per heavy atom. The van der Waals surface area contributed by atoms with E-state index in [1.807, 2.05) is 0 Å². The van der Waals surface area contributed by atoms with E-state index in [4.69, 9.17) is 4.74 Å². The van der Waals surface area contributed by atoms with Gasteiger partial charge >= 0.3 is 12.6 Å². The highest BCUT2D eigenvalue weighted by atomic mass is 19.3. The second-order valence-electron chi connectivity index (χ2n) is 6.48. The van der Waals surface area contributed by atoms with Crippen LogP contribution in [0.3, 0.4) is 0 Å². The topological polar surface area (TPSA) is 76.1 Å². The van der Waals surface area contributed by atoms with E-state index >= 15 is 0 Å². The molecule has 1 heterocycles. The van der Waals surface area contributed by atoms with Gasteiger partial charge in [0.25, 0.3) is 5.91 Å². The Hall–Kier alpha value is -2.38. The summed E-state index contributed by atoms with van der Waals surface area (Å²) < 4.78 is 34.4. The highest BCUT2D eigenvalue weighted by molar-refractivity contribution is 5.96. The van der Waals surface area contributed by atoms with Gasteiger partial charge in [0.15, 0.2) is 11.5 Å². The molecular formula is C17H19F2NO5. The number of carboxylic acid groups (broad SMARTS) is 1. The van der Waals surface area contributed by atoms with Crippen molar-refractivity contribution in [3.05, 3.63) is 23.8 Å². The minimum absolute atomic E-state index is 0.0658. The molecule has 2 aliphatic rings. The van der Waals surface area contributed by atoms with Gasteiger partial charge in [-0.25, -0.2) is 0 Å². The Morgan fingerprint density at radius 3 is 2.72 bits per heavy atom. The second-order valence-corrected chi connectivity index (χ2v) is 6.48. The van der Waals surface area contributed by atoms with E-state index in [2.05, 4.69) is 4.74 Å². The first-order chi connectivity index (χ1) is 11.9. The van der Waals surface area contributed by atoms with Crippen LogP contribution in [0.5, 0.6) is 11.5 Å². The summed E-state index contributed by atoms with van der Waals surface area (Å²) in [7, 11) is 1.31. The molecule has 0 bridgehead atoms. The third-order valence-corrected chi connectivity index (χ3v) is 5.21. The smallest absolute Gasteiger partial charge is 0.387 e. The molecule has 1 saturated carbocycles. The lowest BCUT2D eigenvalue weighted by Crippen LogP contribution is -2.37. The molecule has 0 aromatic heterocycles. The molecule has 6 nitrogen and oxygen atoms in total. The molecule has 1 aliphatic carbocycles. The van der Waals surface area contributed by atoms with E-state index in [9.17, 15) is 23.5 Å². The minimum atomic E-state index is -3.04. The number of alkyl halides is 2. The third-order valence-electron chi connectivity index (χ3n) is 5.21. The van der Waals surface area contributed by atoms with Crippen LogP contribution in [-0.4, -0.2) is 48.7 Å². The van der Waals surface area contributed by atoms with Crippen LogP contribution in [0, 0.1) is 11.3 Å². The lowest BCUT2D eigenvalue weighted by Gasteiger charge is -2.23. The van der Waals surface area contributed by atoms with Crippen LogP contribution in [0.1, 0.15) is 29.6 Å². The van der Waals surface area contributed by atoms with Crippen LogP contribution < -0.4 is 9.47 Å². The van der Waals surface area contributed by atoms with Crippen LogP contribution >= 0.6 is 0 Å². The largest absolute Gasteiger partial charge is 0.493 e. The number of carbonyl (C=O) groups excluding carboxylic acids is 1. The fourth-order valence-electron chi connectivity index (χ4n) is 3.97. The van der Waals surface area contributed by atoms with Gasteiger partial charge in [-0.15, -0.1) is 0 Å². The number of carboxylic acids is 1. The fourth-order valence-corrected chi connectivity index (χ4v) is 3.97. The molecule has 25 heavy (non-hydrogen) atoms. The molecule has 1 aromatic rings. The molecule has 0 radical (unpaired) electrons. The number of nitrogens with zero attached hydrogens (tertiary/aromatic N) is 1. The molecule has 136 valence electrons. The number of fused-ring (bicyclic) bond motifs is 1. The second kappa shape index (κ2) is 6.50. The predicted octanol–water partition coefficient (Wildman–Crippen LogP) is 2.62. The fraction of sp³-hybridized carbons (Fsp3) is 0.529. The van der Waals surface area contributed by atoms with Crippen LogP contribution in [0.2, 0.25) is 0 Å². The van der Waals surface area contributed by atoms with Crippen molar-refractivity contribution in [3.8, 4) is 11.5 Å². The van der Waals surface area contributed by atoms with Crippen LogP contribution in [0.4, 0.5) is 8.78 Å². The summed E-state index contributed by atoms with van der Waals surface area (Å²) in [4.78, 5) is 25.9. The normalized spacial score (nSPS) is 25.1. The van der Waals surface area contributed by atoms with Gasteiger partial charge in [-0.1, -0.05) is 6.42 Å². The van der Waals surface area contributed by atoms with Crippen molar-refractivity contribution in [1.29, 1.82) is 0 Å². The van der Waals surface area contributed by atoms with E-state index < -0.39 is 23.9 Å². The first-order valence-electron chi connectivity index (χ1n) is 8.03. The van der Waals surface area contributed by atoms with Crippen molar-refractivity contribution in [2.24, 2.45) is 11.3 Å². The van der Waals surface area contributed by atoms with E-state index in [0.29, 0.717) is 13.0 Å². The number of hydrogen-bond donors (Lipinski definition) is 1. The van der Waals surface area contributed by atoms with Crippen LogP contribution in [0.15, 0.2) is 18.2 Å². The molecule has 1 aromatic carbocycles. The molecule has 2 atom stereocenters. The van der Waals surface area contributed by atoms with Crippen LogP contribution in [0.25, 0.3) is 0 Å². The van der Waals surface area contributed by atoms with Gasteiger partial charge in [0.2, 0.25) is 0 Å². The van der Waals surface area contributed by atoms with Gasteiger partial charge in [0, 0.05) is 18.7 Å². The number of halogens is 2. The third kappa shape index (κ3) is 3.01. The number of methoxy groups -OCH3 is 1.